The minimum absolute atomic E-state index is 0.0355. The molecular weight excluding hydrogens is 242 g/mol. The van der Waals surface area contributed by atoms with Crippen LogP contribution in [-0.4, -0.2) is 41.1 Å². The van der Waals surface area contributed by atoms with Crippen LogP contribution in [0.5, 0.6) is 0 Å². The van der Waals surface area contributed by atoms with Crippen molar-refractivity contribution in [3.05, 3.63) is 24.0 Å². The van der Waals surface area contributed by atoms with Crippen molar-refractivity contribution in [1.82, 2.24) is 19.9 Å². The molecule has 2 aromatic rings. The van der Waals surface area contributed by atoms with Crippen molar-refractivity contribution in [1.29, 1.82) is 0 Å². The van der Waals surface area contributed by atoms with Gasteiger partial charge in [0.15, 0.2) is 5.65 Å². The Morgan fingerprint density at radius 2 is 2.32 bits per heavy atom. The van der Waals surface area contributed by atoms with Gasteiger partial charge in [0.25, 0.3) is 0 Å². The van der Waals surface area contributed by atoms with Crippen LogP contribution in [0.2, 0.25) is 0 Å². The Kier molecular flexibility index (Phi) is 3.99. The van der Waals surface area contributed by atoms with Crippen molar-refractivity contribution in [2.45, 2.75) is 19.8 Å². The van der Waals surface area contributed by atoms with E-state index in [0.29, 0.717) is 13.0 Å². The number of aromatic nitrogens is 3. The number of nitrogens with one attached hydrogen (secondary N) is 1. The second-order valence-corrected chi connectivity index (χ2v) is 4.41. The minimum atomic E-state index is 0.0355. The third-order valence-corrected chi connectivity index (χ3v) is 3.10. The van der Waals surface area contributed by atoms with Crippen LogP contribution < -0.4 is 10.2 Å². The summed E-state index contributed by atoms with van der Waals surface area (Å²) in [6, 6.07) is 3.90. The topological polar surface area (TPSA) is 62.5 Å². The second-order valence-electron chi connectivity index (χ2n) is 4.41. The van der Waals surface area contributed by atoms with Crippen molar-refractivity contribution in [2.24, 2.45) is 0 Å². The number of fused-ring (bicyclic) bond motifs is 1. The summed E-state index contributed by atoms with van der Waals surface area (Å²) in [6.45, 7) is 2.71. The fraction of sp³-hybridized carbons (Fsp3) is 0.462. The van der Waals surface area contributed by atoms with Crippen LogP contribution in [0.25, 0.3) is 5.65 Å². The normalized spacial score (nSPS) is 10.7. The van der Waals surface area contributed by atoms with Crippen LogP contribution in [-0.2, 0) is 11.2 Å². The Balaban J connectivity index is 2.27. The van der Waals surface area contributed by atoms with Gasteiger partial charge in [0.05, 0.1) is 6.20 Å². The van der Waals surface area contributed by atoms with E-state index in [9.17, 15) is 4.79 Å². The first kappa shape index (κ1) is 13.3. The zero-order chi connectivity index (χ0) is 13.8. The van der Waals surface area contributed by atoms with Crippen molar-refractivity contribution in [2.75, 3.05) is 25.5 Å². The minimum Gasteiger partial charge on any atom is -0.359 e. The molecule has 2 aromatic heterocycles. The Hall–Kier alpha value is -2.11. The number of aryl methyl sites for hydroxylation is 1. The largest absolute Gasteiger partial charge is 0.359 e. The predicted octanol–water partition coefficient (Wildman–Crippen LogP) is 0.864. The number of hydrogen-bond acceptors (Lipinski definition) is 4. The Morgan fingerprint density at radius 1 is 1.53 bits per heavy atom. The van der Waals surface area contributed by atoms with Gasteiger partial charge in [0, 0.05) is 44.9 Å². The molecule has 0 spiro atoms. The fourth-order valence-corrected chi connectivity index (χ4v) is 1.91. The smallest absolute Gasteiger partial charge is 0.221 e. The molecular formula is C13H19N5O. The molecule has 1 amide bonds. The maximum Gasteiger partial charge on any atom is 0.221 e. The van der Waals surface area contributed by atoms with E-state index < -0.39 is 0 Å². The zero-order valence-electron chi connectivity index (χ0n) is 11.6. The maximum absolute atomic E-state index is 11.3. The average Bonchev–Trinajstić information content (AvgIpc) is 2.91. The third-order valence-electron chi connectivity index (χ3n) is 3.10. The quantitative estimate of drug-likeness (QED) is 0.867. The van der Waals surface area contributed by atoms with Crippen LogP contribution in [0.3, 0.4) is 0 Å². The number of nitrogens with zero attached hydrogens (tertiary/aromatic N) is 4. The summed E-state index contributed by atoms with van der Waals surface area (Å²) in [7, 11) is 3.61. The molecule has 0 radical (unpaired) electrons. The molecule has 1 N–H and O–H groups in total. The van der Waals surface area contributed by atoms with Crippen molar-refractivity contribution in [3.63, 3.8) is 0 Å². The zero-order valence-corrected chi connectivity index (χ0v) is 11.6. The van der Waals surface area contributed by atoms with E-state index in [-0.39, 0.29) is 5.91 Å². The first-order chi connectivity index (χ1) is 9.15. The molecule has 2 rings (SSSR count). The fourth-order valence-electron chi connectivity index (χ4n) is 1.91. The summed E-state index contributed by atoms with van der Waals surface area (Å²) in [5, 5.41) is 6.90. The molecule has 2 heterocycles. The van der Waals surface area contributed by atoms with Crippen molar-refractivity contribution < 1.29 is 4.79 Å². The highest BCUT2D eigenvalue weighted by Crippen LogP contribution is 2.16. The first-order valence-corrected chi connectivity index (χ1v) is 6.41. The molecule has 6 nitrogen and oxygen atoms in total. The van der Waals surface area contributed by atoms with E-state index in [1.54, 1.807) is 17.8 Å². The molecule has 0 saturated carbocycles. The first-order valence-electron chi connectivity index (χ1n) is 6.41. The highest BCUT2D eigenvalue weighted by atomic mass is 16.1. The molecule has 0 aliphatic rings. The van der Waals surface area contributed by atoms with Gasteiger partial charge in [-0.1, -0.05) is 6.92 Å². The van der Waals surface area contributed by atoms with Gasteiger partial charge in [-0.05, 0) is 6.42 Å². The number of amides is 1. The highest BCUT2D eigenvalue weighted by molar-refractivity contribution is 5.76. The van der Waals surface area contributed by atoms with Crippen LogP contribution in [0.1, 0.15) is 19.0 Å². The molecule has 19 heavy (non-hydrogen) atoms. The van der Waals surface area contributed by atoms with Crippen LogP contribution in [0.15, 0.2) is 18.3 Å². The molecule has 102 valence electrons. The molecule has 0 aromatic carbocycles. The monoisotopic (exact) mass is 261 g/mol. The number of carbonyl (C=O) groups excluding carboxylic acids is 1. The predicted molar refractivity (Wildman–Crippen MR) is 74.3 cm³/mol. The number of hydrogen-bond donors (Lipinski definition) is 1. The maximum atomic E-state index is 11.3. The number of anilines is 1. The molecule has 0 atom stereocenters. The summed E-state index contributed by atoms with van der Waals surface area (Å²) in [5.74, 6) is 0.990. The van der Waals surface area contributed by atoms with Gasteiger partial charge in [-0.25, -0.2) is 4.98 Å². The van der Waals surface area contributed by atoms with Gasteiger partial charge in [-0.2, -0.15) is 9.61 Å². The lowest BCUT2D eigenvalue weighted by molar-refractivity contribution is -0.120. The van der Waals surface area contributed by atoms with Gasteiger partial charge >= 0.3 is 0 Å². The molecule has 0 aliphatic carbocycles. The van der Waals surface area contributed by atoms with Crippen LogP contribution in [0.4, 0.5) is 5.82 Å². The van der Waals surface area contributed by atoms with E-state index >= 15 is 0 Å². The molecule has 0 bridgehead atoms. The third kappa shape index (κ3) is 2.83. The molecule has 0 saturated heterocycles. The lowest BCUT2D eigenvalue weighted by Gasteiger charge is -2.20. The van der Waals surface area contributed by atoms with Gasteiger partial charge in [0.2, 0.25) is 5.91 Å². The van der Waals surface area contributed by atoms with Crippen molar-refractivity contribution in [3.8, 4) is 0 Å². The summed E-state index contributed by atoms with van der Waals surface area (Å²) < 4.78 is 1.79. The second kappa shape index (κ2) is 5.69. The lowest BCUT2D eigenvalue weighted by Crippen LogP contribution is -2.27. The Morgan fingerprint density at radius 3 is 3.00 bits per heavy atom. The van der Waals surface area contributed by atoms with E-state index in [2.05, 4.69) is 22.3 Å². The summed E-state index contributed by atoms with van der Waals surface area (Å²) in [5.41, 5.74) is 1.86. The highest BCUT2D eigenvalue weighted by Gasteiger charge is 2.10. The van der Waals surface area contributed by atoms with Gasteiger partial charge in [0.1, 0.15) is 5.82 Å². The van der Waals surface area contributed by atoms with Crippen LogP contribution in [0, 0.1) is 0 Å². The van der Waals surface area contributed by atoms with E-state index in [0.717, 1.165) is 23.6 Å². The average molecular weight is 261 g/mol. The SMILES string of the molecule is CCc1cc(N(C)CCC(=O)NC)n2nccc2n1. The summed E-state index contributed by atoms with van der Waals surface area (Å²) in [4.78, 5) is 17.8. The van der Waals surface area contributed by atoms with Gasteiger partial charge in [-0.3, -0.25) is 4.79 Å². The standard InChI is InChI=1S/C13H19N5O/c1-4-10-9-13(17(3)8-6-12(19)14-2)18-11(16-10)5-7-15-18/h5,7,9H,4,6,8H2,1-3H3,(H,14,19). The molecule has 0 aliphatic heterocycles. The molecule has 0 unspecified atom stereocenters. The van der Waals surface area contributed by atoms with Crippen molar-refractivity contribution >= 4 is 17.4 Å². The lowest BCUT2D eigenvalue weighted by atomic mass is 10.3. The summed E-state index contributed by atoms with van der Waals surface area (Å²) >= 11 is 0. The molecule has 0 fully saturated rings. The number of rotatable bonds is 5. The van der Waals surface area contributed by atoms with E-state index in [1.807, 2.05) is 24.1 Å². The molecule has 6 heteroatoms. The number of carbonyl (C=O) groups is 1. The van der Waals surface area contributed by atoms with E-state index in [1.165, 1.54) is 0 Å². The van der Waals surface area contributed by atoms with Gasteiger partial charge < -0.3 is 10.2 Å². The Bertz CT molecular complexity index is 577. The Labute approximate surface area is 112 Å². The van der Waals surface area contributed by atoms with E-state index in [4.69, 9.17) is 0 Å². The van der Waals surface area contributed by atoms with Crippen LogP contribution >= 0.6 is 0 Å². The summed E-state index contributed by atoms with van der Waals surface area (Å²) in [6.07, 6.45) is 3.06. The van der Waals surface area contributed by atoms with Gasteiger partial charge in [-0.15, -0.1) is 0 Å².